The zero-order valence-electron chi connectivity index (χ0n) is 28.0. The first-order valence-electron chi connectivity index (χ1n) is 17.2. The molecule has 3 aliphatic rings. The average molecular weight is 680 g/mol. The molecule has 0 radical (unpaired) electrons. The van der Waals surface area contributed by atoms with E-state index in [4.69, 9.17) is 9.84 Å². The Labute approximate surface area is 294 Å². The number of aromatic nitrogens is 3. The van der Waals surface area contributed by atoms with Crippen LogP contribution in [-0.2, 0) is 15.1 Å². The maximum atomic E-state index is 15.9. The van der Waals surface area contributed by atoms with E-state index in [-0.39, 0.29) is 40.8 Å². The minimum absolute atomic E-state index is 0.0354. The van der Waals surface area contributed by atoms with E-state index in [0.29, 0.717) is 16.6 Å². The summed E-state index contributed by atoms with van der Waals surface area (Å²) in [6.07, 6.45) is 4.88. The number of nitriles is 1. The first-order chi connectivity index (χ1) is 24.9. The van der Waals surface area contributed by atoms with Crippen LogP contribution in [0.5, 0.6) is 0 Å². The number of esters is 1. The molecular formula is C42H35F2N5O2. The van der Waals surface area contributed by atoms with E-state index < -0.39 is 23.1 Å². The molecule has 0 unspecified atom stereocenters. The molecule has 0 spiro atoms. The first kappa shape index (κ1) is 32.3. The Balaban J connectivity index is 1.38. The molecule has 9 heteroatoms. The molecule has 1 N–H and O–H groups in total. The summed E-state index contributed by atoms with van der Waals surface area (Å²) >= 11 is 0. The second kappa shape index (κ2) is 13.1. The van der Waals surface area contributed by atoms with Crippen LogP contribution in [0.4, 0.5) is 14.5 Å². The number of methoxy groups -OCH3 is 1. The zero-order valence-corrected chi connectivity index (χ0v) is 28.0. The fourth-order valence-corrected chi connectivity index (χ4v) is 8.60. The predicted octanol–water partition coefficient (Wildman–Crippen LogP) is 8.48. The third kappa shape index (κ3) is 5.34. The third-order valence-electron chi connectivity index (χ3n) is 10.9. The van der Waals surface area contributed by atoms with Gasteiger partial charge in [0.05, 0.1) is 41.9 Å². The van der Waals surface area contributed by atoms with E-state index >= 15 is 8.78 Å². The molecule has 2 bridgehead atoms. The van der Waals surface area contributed by atoms with E-state index in [1.807, 2.05) is 91.0 Å². The minimum atomic E-state index is -1.09. The van der Waals surface area contributed by atoms with Gasteiger partial charge in [-0.25, -0.2) is 18.4 Å². The number of carbonyl (C=O) groups is 1. The zero-order chi connectivity index (χ0) is 35.1. The van der Waals surface area contributed by atoms with E-state index in [1.165, 1.54) is 19.2 Å². The van der Waals surface area contributed by atoms with Crippen molar-refractivity contribution in [2.75, 3.05) is 12.4 Å². The second-order valence-electron chi connectivity index (χ2n) is 13.5. The lowest BCUT2D eigenvalue weighted by molar-refractivity contribution is -0.152. The highest BCUT2D eigenvalue weighted by Gasteiger charge is 2.48. The summed E-state index contributed by atoms with van der Waals surface area (Å²) in [6.45, 7) is 0. The topological polar surface area (TPSA) is 92.8 Å². The number of halogens is 2. The number of pyridine rings is 1. The molecule has 3 saturated carbocycles. The van der Waals surface area contributed by atoms with Crippen molar-refractivity contribution >= 4 is 22.7 Å². The molecule has 9 rings (SSSR count). The fourth-order valence-electron chi connectivity index (χ4n) is 8.60. The lowest BCUT2D eigenvalue weighted by Gasteiger charge is -2.47. The second-order valence-corrected chi connectivity index (χ2v) is 13.5. The van der Waals surface area contributed by atoms with Gasteiger partial charge in [0.25, 0.3) is 0 Å². The van der Waals surface area contributed by atoms with Crippen LogP contribution in [0.3, 0.4) is 0 Å². The van der Waals surface area contributed by atoms with Crippen LogP contribution >= 0.6 is 0 Å². The number of fused-ring (bicyclic) bond motifs is 4. The minimum Gasteiger partial charge on any atom is -0.469 e. The van der Waals surface area contributed by atoms with Gasteiger partial charge in [0.1, 0.15) is 22.9 Å². The molecule has 7 nitrogen and oxygen atoms in total. The van der Waals surface area contributed by atoms with E-state index in [1.54, 1.807) is 10.7 Å². The molecule has 51 heavy (non-hydrogen) atoms. The number of benzene rings is 4. The van der Waals surface area contributed by atoms with Gasteiger partial charge in [0, 0.05) is 11.6 Å². The monoisotopic (exact) mass is 679 g/mol. The van der Waals surface area contributed by atoms with Gasteiger partial charge in [-0.2, -0.15) is 10.4 Å². The molecule has 0 saturated heterocycles. The van der Waals surface area contributed by atoms with Crippen LogP contribution in [0.25, 0.3) is 22.3 Å². The van der Waals surface area contributed by atoms with Gasteiger partial charge in [0.2, 0.25) is 0 Å². The van der Waals surface area contributed by atoms with Crippen LogP contribution in [0.15, 0.2) is 115 Å². The van der Waals surface area contributed by atoms with Crippen molar-refractivity contribution in [3.63, 3.8) is 0 Å². The Kier molecular flexibility index (Phi) is 8.31. The summed E-state index contributed by atoms with van der Waals surface area (Å²) in [5, 5.41) is 19.3. The molecule has 0 amide bonds. The molecule has 2 heterocycles. The average Bonchev–Trinajstić information content (AvgIpc) is 3.55. The quantitative estimate of drug-likeness (QED) is 0.128. The number of anilines is 1. The molecule has 4 aromatic carbocycles. The number of hydrogen-bond acceptors (Lipinski definition) is 6. The van der Waals surface area contributed by atoms with Gasteiger partial charge in [0.15, 0.2) is 5.65 Å². The highest BCUT2D eigenvalue weighted by atomic mass is 19.1. The predicted molar refractivity (Wildman–Crippen MR) is 191 cm³/mol. The Bertz CT molecular complexity index is 2170. The molecular weight excluding hydrogens is 644 g/mol. The third-order valence-corrected chi connectivity index (χ3v) is 10.9. The molecule has 3 fully saturated rings. The Morgan fingerprint density at radius 2 is 1.43 bits per heavy atom. The van der Waals surface area contributed by atoms with Gasteiger partial charge >= 0.3 is 5.97 Å². The van der Waals surface area contributed by atoms with Crippen molar-refractivity contribution in [1.82, 2.24) is 14.8 Å². The number of nitrogens with one attached hydrogen (secondary N) is 1. The fraction of sp³-hybridized carbons (Fsp3) is 0.238. The summed E-state index contributed by atoms with van der Waals surface area (Å²) in [4.78, 5) is 17.6. The van der Waals surface area contributed by atoms with E-state index in [2.05, 4.69) is 16.4 Å². The number of hydrogen-bond donors (Lipinski definition) is 1. The van der Waals surface area contributed by atoms with Crippen molar-refractivity contribution < 1.29 is 18.3 Å². The lowest BCUT2D eigenvalue weighted by Crippen LogP contribution is -2.51. The highest BCUT2D eigenvalue weighted by Crippen LogP contribution is 2.48. The standard InChI is InChI=1S/C42H35F2N5O2/c1-51-41(50)37-26-17-19-27(20-18-26)38(37)47-36-23-33(28(24-45)21-35(36)44)39-34-22-32(43)25-46-40(34)49(48-39)42(29-11-5-2-6-12-29,30-13-7-3-8-14-30)31-15-9-4-10-16-31/h2-16,21-23,25-27,37-38,47H,17-20H2,1H3/t26?,27?,37-,38-/m0/s1. The van der Waals surface area contributed by atoms with E-state index in [0.717, 1.165) is 48.6 Å². The number of nitrogens with zero attached hydrogens (tertiary/aromatic N) is 4. The van der Waals surface area contributed by atoms with Gasteiger partial charge in [-0.15, -0.1) is 0 Å². The Hall–Kier alpha value is -5.88. The molecule has 3 aliphatic carbocycles. The summed E-state index contributed by atoms with van der Waals surface area (Å²) in [6, 6.07) is 35.6. The van der Waals surface area contributed by atoms with Gasteiger partial charge in [-0.3, -0.25) is 4.79 Å². The maximum absolute atomic E-state index is 15.9. The smallest absolute Gasteiger partial charge is 0.311 e. The summed E-state index contributed by atoms with van der Waals surface area (Å²) in [5.74, 6) is -1.60. The SMILES string of the molecule is COC(=O)[C@H]1C2CCC(CC2)[C@@H]1Nc1cc(-c2nn(C(c3ccccc3)(c3ccccc3)c3ccccc3)c3ncc(F)cc23)c(C#N)cc1F. The lowest BCUT2D eigenvalue weighted by atomic mass is 9.61. The van der Waals surface area contributed by atoms with Gasteiger partial charge in [-0.1, -0.05) is 91.0 Å². The molecule has 0 aliphatic heterocycles. The highest BCUT2D eigenvalue weighted by molar-refractivity contribution is 5.94. The number of carbonyl (C=O) groups excluding carboxylic acids is 1. The summed E-state index contributed by atoms with van der Waals surface area (Å²) < 4.78 is 38.1. The van der Waals surface area contributed by atoms with Gasteiger partial charge in [-0.05, 0) is 72.4 Å². The van der Waals surface area contributed by atoms with Crippen LogP contribution in [0.1, 0.15) is 47.9 Å². The number of ether oxygens (including phenoxy) is 1. The maximum Gasteiger partial charge on any atom is 0.311 e. The summed E-state index contributed by atoms with van der Waals surface area (Å²) in [5.41, 5.74) is 2.70. The normalized spacial score (nSPS) is 19.8. The van der Waals surface area contributed by atoms with Gasteiger partial charge < -0.3 is 10.1 Å². The Morgan fingerprint density at radius 3 is 1.98 bits per heavy atom. The van der Waals surface area contributed by atoms with E-state index in [9.17, 15) is 10.1 Å². The number of rotatable bonds is 8. The summed E-state index contributed by atoms with van der Waals surface area (Å²) in [7, 11) is 1.39. The molecule has 2 atom stereocenters. The van der Waals surface area contributed by atoms with Crippen molar-refractivity contribution in [2.24, 2.45) is 17.8 Å². The molecule has 2 aromatic heterocycles. The van der Waals surface area contributed by atoms with Crippen LogP contribution in [0, 0.1) is 40.7 Å². The largest absolute Gasteiger partial charge is 0.469 e. The van der Waals surface area contributed by atoms with Crippen LogP contribution in [0.2, 0.25) is 0 Å². The first-order valence-corrected chi connectivity index (χ1v) is 17.2. The van der Waals surface area contributed by atoms with Crippen molar-refractivity contribution in [3.05, 3.63) is 149 Å². The molecule has 254 valence electrons. The molecule has 6 aromatic rings. The van der Waals surface area contributed by atoms with Crippen LogP contribution < -0.4 is 5.32 Å². The van der Waals surface area contributed by atoms with Crippen molar-refractivity contribution in [2.45, 2.75) is 37.3 Å². The van der Waals surface area contributed by atoms with Crippen molar-refractivity contribution in [3.8, 4) is 17.3 Å². The van der Waals surface area contributed by atoms with Crippen LogP contribution in [-0.4, -0.2) is 33.9 Å². The Morgan fingerprint density at radius 1 is 0.863 bits per heavy atom. The van der Waals surface area contributed by atoms with Crippen molar-refractivity contribution in [1.29, 1.82) is 5.26 Å².